The minimum Gasteiger partial charge on any atom is -0.330 e. The molecule has 0 saturated heterocycles. The molecular weight excluding hydrogens is 218 g/mol. The Morgan fingerprint density at radius 2 is 2.00 bits per heavy atom. The fraction of sp³-hybridized carbons (Fsp3) is 0. The average Bonchev–Trinajstić information content (AvgIpc) is 2.72. The standard InChI is InChI=1S/C12H9N3S/c1-2-6-11-10(5-1)15-12(16-11)14-9-4-3-7-13-8-9/h1-8H,(H,14,15). The number of nitrogens with zero attached hydrogens (tertiary/aromatic N) is 2. The van der Waals surface area contributed by atoms with Gasteiger partial charge < -0.3 is 5.32 Å². The van der Waals surface area contributed by atoms with Crippen molar-refractivity contribution in [2.75, 3.05) is 5.32 Å². The van der Waals surface area contributed by atoms with Gasteiger partial charge >= 0.3 is 0 Å². The van der Waals surface area contributed by atoms with Crippen LogP contribution in [0.5, 0.6) is 0 Å². The Kier molecular flexibility index (Phi) is 2.27. The summed E-state index contributed by atoms with van der Waals surface area (Å²) in [7, 11) is 0. The molecule has 0 saturated carbocycles. The van der Waals surface area contributed by atoms with Crippen LogP contribution in [0.25, 0.3) is 10.2 Å². The van der Waals surface area contributed by atoms with E-state index in [-0.39, 0.29) is 0 Å². The van der Waals surface area contributed by atoms with Gasteiger partial charge in [-0.3, -0.25) is 4.98 Å². The van der Waals surface area contributed by atoms with Crippen LogP contribution >= 0.6 is 11.3 Å². The zero-order chi connectivity index (χ0) is 10.8. The summed E-state index contributed by atoms with van der Waals surface area (Å²) in [6.45, 7) is 0. The number of aromatic nitrogens is 2. The lowest BCUT2D eigenvalue weighted by atomic mass is 10.3. The van der Waals surface area contributed by atoms with Gasteiger partial charge in [0, 0.05) is 6.20 Å². The van der Waals surface area contributed by atoms with Crippen molar-refractivity contribution in [1.29, 1.82) is 0 Å². The summed E-state index contributed by atoms with van der Waals surface area (Å²) in [5, 5.41) is 4.14. The zero-order valence-electron chi connectivity index (χ0n) is 8.42. The third-order valence-electron chi connectivity index (χ3n) is 2.21. The van der Waals surface area contributed by atoms with Gasteiger partial charge in [-0.05, 0) is 24.3 Å². The van der Waals surface area contributed by atoms with Crippen molar-refractivity contribution in [3.8, 4) is 0 Å². The van der Waals surface area contributed by atoms with E-state index in [0.717, 1.165) is 16.3 Å². The summed E-state index contributed by atoms with van der Waals surface area (Å²) in [5.41, 5.74) is 1.99. The van der Waals surface area contributed by atoms with Gasteiger partial charge in [-0.15, -0.1) is 0 Å². The first-order valence-corrected chi connectivity index (χ1v) is 5.76. The zero-order valence-corrected chi connectivity index (χ0v) is 9.24. The van der Waals surface area contributed by atoms with Crippen LogP contribution in [0.1, 0.15) is 0 Å². The third kappa shape index (κ3) is 1.75. The Balaban J connectivity index is 1.95. The molecule has 1 N–H and O–H groups in total. The Morgan fingerprint density at radius 3 is 2.81 bits per heavy atom. The molecule has 3 rings (SSSR count). The molecule has 0 unspecified atom stereocenters. The Morgan fingerprint density at radius 1 is 1.06 bits per heavy atom. The Hall–Kier alpha value is -1.94. The maximum Gasteiger partial charge on any atom is 0.188 e. The van der Waals surface area contributed by atoms with E-state index in [0.29, 0.717) is 0 Å². The molecular formula is C12H9N3S. The van der Waals surface area contributed by atoms with Crippen molar-refractivity contribution >= 4 is 32.4 Å². The van der Waals surface area contributed by atoms with Gasteiger partial charge in [0.1, 0.15) is 0 Å². The molecule has 78 valence electrons. The maximum absolute atomic E-state index is 4.49. The summed E-state index contributed by atoms with van der Waals surface area (Å²) >= 11 is 1.64. The molecule has 0 aliphatic carbocycles. The highest BCUT2D eigenvalue weighted by atomic mass is 32.1. The van der Waals surface area contributed by atoms with Crippen LogP contribution < -0.4 is 5.32 Å². The normalized spacial score (nSPS) is 10.5. The molecule has 0 fully saturated rings. The van der Waals surface area contributed by atoms with E-state index in [2.05, 4.69) is 21.4 Å². The van der Waals surface area contributed by atoms with Crippen molar-refractivity contribution in [3.63, 3.8) is 0 Å². The predicted molar refractivity (Wildman–Crippen MR) is 67.1 cm³/mol. The smallest absolute Gasteiger partial charge is 0.188 e. The molecule has 1 aromatic carbocycles. The highest BCUT2D eigenvalue weighted by Crippen LogP contribution is 2.27. The summed E-state index contributed by atoms with van der Waals surface area (Å²) in [5.74, 6) is 0. The molecule has 3 aromatic rings. The second kappa shape index (κ2) is 3.90. The number of anilines is 2. The molecule has 0 spiro atoms. The minimum absolute atomic E-state index is 0.897. The molecule has 0 amide bonds. The van der Waals surface area contributed by atoms with E-state index in [9.17, 15) is 0 Å². The first-order valence-electron chi connectivity index (χ1n) is 4.94. The molecule has 0 bridgehead atoms. The summed E-state index contributed by atoms with van der Waals surface area (Å²) in [4.78, 5) is 8.54. The number of fused-ring (bicyclic) bond motifs is 1. The second-order valence-corrected chi connectivity index (χ2v) is 4.38. The number of para-hydroxylation sites is 1. The van der Waals surface area contributed by atoms with Gasteiger partial charge in [-0.2, -0.15) is 0 Å². The fourth-order valence-corrected chi connectivity index (χ4v) is 2.37. The summed E-state index contributed by atoms with van der Waals surface area (Å²) < 4.78 is 1.19. The van der Waals surface area contributed by atoms with Crippen LogP contribution in [0.2, 0.25) is 0 Å². The molecule has 0 radical (unpaired) electrons. The molecule has 2 heterocycles. The van der Waals surface area contributed by atoms with Gasteiger partial charge in [0.25, 0.3) is 0 Å². The van der Waals surface area contributed by atoms with Crippen molar-refractivity contribution < 1.29 is 0 Å². The van der Waals surface area contributed by atoms with Gasteiger partial charge in [0.05, 0.1) is 22.1 Å². The van der Waals surface area contributed by atoms with Crippen molar-refractivity contribution in [3.05, 3.63) is 48.8 Å². The number of hydrogen-bond donors (Lipinski definition) is 1. The van der Waals surface area contributed by atoms with Crippen molar-refractivity contribution in [1.82, 2.24) is 9.97 Å². The number of hydrogen-bond acceptors (Lipinski definition) is 4. The molecule has 0 aliphatic heterocycles. The van der Waals surface area contributed by atoms with E-state index in [1.807, 2.05) is 30.3 Å². The Bertz CT molecular complexity index is 571. The first kappa shape index (κ1) is 9.30. The summed E-state index contributed by atoms with van der Waals surface area (Å²) in [6, 6.07) is 12.0. The van der Waals surface area contributed by atoms with Crippen LogP contribution in [0.15, 0.2) is 48.8 Å². The van der Waals surface area contributed by atoms with Crippen molar-refractivity contribution in [2.45, 2.75) is 0 Å². The lowest BCUT2D eigenvalue weighted by molar-refractivity contribution is 1.32. The maximum atomic E-state index is 4.49. The van der Waals surface area contributed by atoms with Crippen molar-refractivity contribution in [2.24, 2.45) is 0 Å². The minimum atomic E-state index is 0.897. The topological polar surface area (TPSA) is 37.8 Å². The molecule has 16 heavy (non-hydrogen) atoms. The lowest BCUT2D eigenvalue weighted by Crippen LogP contribution is -1.88. The second-order valence-electron chi connectivity index (χ2n) is 3.35. The van der Waals surface area contributed by atoms with Gasteiger partial charge in [-0.1, -0.05) is 23.5 Å². The van der Waals surface area contributed by atoms with E-state index in [1.54, 1.807) is 23.7 Å². The van der Waals surface area contributed by atoms with E-state index in [1.165, 1.54) is 4.70 Å². The highest BCUT2D eigenvalue weighted by molar-refractivity contribution is 7.22. The number of nitrogens with one attached hydrogen (secondary N) is 1. The average molecular weight is 227 g/mol. The van der Waals surface area contributed by atoms with E-state index < -0.39 is 0 Å². The van der Waals surface area contributed by atoms with Gasteiger partial charge in [0.15, 0.2) is 5.13 Å². The van der Waals surface area contributed by atoms with Crippen LogP contribution in [-0.2, 0) is 0 Å². The molecule has 0 atom stereocenters. The van der Waals surface area contributed by atoms with Crippen LogP contribution in [0, 0.1) is 0 Å². The molecule has 2 aromatic heterocycles. The Labute approximate surface area is 96.8 Å². The number of pyridine rings is 1. The molecule has 3 nitrogen and oxygen atoms in total. The SMILES string of the molecule is c1cncc(Nc2nc3ccccc3s2)c1. The third-order valence-corrected chi connectivity index (χ3v) is 3.16. The largest absolute Gasteiger partial charge is 0.330 e. The number of thiazole rings is 1. The van der Waals surface area contributed by atoms with E-state index >= 15 is 0 Å². The summed E-state index contributed by atoms with van der Waals surface area (Å²) in [6.07, 6.45) is 3.54. The van der Waals surface area contributed by atoms with Gasteiger partial charge in [0.2, 0.25) is 0 Å². The predicted octanol–water partition coefficient (Wildman–Crippen LogP) is 3.43. The number of benzene rings is 1. The highest BCUT2D eigenvalue weighted by Gasteiger charge is 2.02. The fourth-order valence-electron chi connectivity index (χ4n) is 1.49. The van der Waals surface area contributed by atoms with Crippen LogP contribution in [0.3, 0.4) is 0 Å². The molecule has 4 heteroatoms. The number of rotatable bonds is 2. The van der Waals surface area contributed by atoms with Crippen LogP contribution in [-0.4, -0.2) is 9.97 Å². The van der Waals surface area contributed by atoms with E-state index in [4.69, 9.17) is 0 Å². The van der Waals surface area contributed by atoms with Crippen LogP contribution in [0.4, 0.5) is 10.8 Å². The molecule has 0 aliphatic rings. The first-order chi connectivity index (χ1) is 7.92. The monoisotopic (exact) mass is 227 g/mol. The quantitative estimate of drug-likeness (QED) is 0.728. The lowest BCUT2D eigenvalue weighted by Gasteiger charge is -1.99. The van der Waals surface area contributed by atoms with Gasteiger partial charge in [-0.25, -0.2) is 4.98 Å².